The average Bonchev–Trinajstić information content (AvgIpc) is 2.65. The van der Waals surface area contributed by atoms with Crippen molar-refractivity contribution in [2.24, 2.45) is 0 Å². The van der Waals surface area contributed by atoms with Crippen LogP contribution in [0.3, 0.4) is 0 Å². The van der Waals surface area contributed by atoms with Crippen LogP contribution in [0.5, 0.6) is 0 Å². The van der Waals surface area contributed by atoms with Crippen molar-refractivity contribution >= 4 is 38.6 Å². The van der Waals surface area contributed by atoms with E-state index in [9.17, 15) is 14.4 Å². The molecule has 2 heterocycles. The predicted octanol–water partition coefficient (Wildman–Crippen LogP) is 2.07. The number of hydrogen-bond acceptors (Lipinski definition) is 4. The number of piperidine rings is 1. The molecule has 0 saturated carbocycles. The normalized spacial score (nSPS) is 17.1. The third-order valence-electron chi connectivity index (χ3n) is 4.71. The number of carbonyl (C=O) groups is 2. The Morgan fingerprint density at radius 3 is 2.96 bits per heavy atom. The van der Waals surface area contributed by atoms with Gasteiger partial charge in [-0.15, -0.1) is 0 Å². The van der Waals surface area contributed by atoms with Crippen LogP contribution in [-0.4, -0.2) is 45.4 Å². The summed E-state index contributed by atoms with van der Waals surface area (Å²) in [7, 11) is 0. The lowest BCUT2D eigenvalue weighted by molar-refractivity contribution is -0.134. The molecule has 1 saturated heterocycles. The molecular weight excluding hydrogens is 412 g/mol. The highest BCUT2D eigenvalue weighted by molar-refractivity contribution is 9.10. The van der Waals surface area contributed by atoms with E-state index >= 15 is 0 Å². The molecule has 0 bridgehead atoms. The second kappa shape index (κ2) is 8.65. The second-order valence-electron chi connectivity index (χ2n) is 6.84. The highest BCUT2D eigenvalue weighted by Gasteiger charge is 2.25. The van der Waals surface area contributed by atoms with Crippen molar-refractivity contribution in [1.82, 2.24) is 19.8 Å². The Bertz CT molecular complexity index is 911. The molecular formula is C19H23BrN4O3. The average molecular weight is 435 g/mol. The van der Waals surface area contributed by atoms with Gasteiger partial charge in [-0.2, -0.15) is 0 Å². The van der Waals surface area contributed by atoms with Crippen LogP contribution in [0.15, 0.2) is 33.8 Å². The SMILES string of the molecule is CCCC(=O)NC1CCCN(C(=O)Cn2cnc3ccc(Br)cc3c2=O)C1. The largest absolute Gasteiger partial charge is 0.352 e. The molecule has 7 nitrogen and oxygen atoms in total. The molecule has 2 aromatic rings. The van der Waals surface area contributed by atoms with Crippen LogP contribution in [0.1, 0.15) is 32.6 Å². The first-order chi connectivity index (χ1) is 13.0. The van der Waals surface area contributed by atoms with E-state index in [2.05, 4.69) is 26.2 Å². The second-order valence-corrected chi connectivity index (χ2v) is 7.75. The van der Waals surface area contributed by atoms with Crippen molar-refractivity contribution in [3.63, 3.8) is 0 Å². The zero-order chi connectivity index (χ0) is 19.4. The first kappa shape index (κ1) is 19.5. The topological polar surface area (TPSA) is 84.3 Å². The van der Waals surface area contributed by atoms with Crippen molar-refractivity contribution in [2.75, 3.05) is 13.1 Å². The molecule has 1 aliphatic rings. The zero-order valence-electron chi connectivity index (χ0n) is 15.3. The molecule has 144 valence electrons. The van der Waals surface area contributed by atoms with E-state index in [4.69, 9.17) is 0 Å². The summed E-state index contributed by atoms with van der Waals surface area (Å²) in [5, 5.41) is 3.47. The minimum absolute atomic E-state index is 0.0239. The van der Waals surface area contributed by atoms with E-state index in [1.54, 1.807) is 17.0 Å². The predicted molar refractivity (Wildman–Crippen MR) is 106 cm³/mol. The van der Waals surface area contributed by atoms with Gasteiger partial charge in [-0.1, -0.05) is 22.9 Å². The van der Waals surface area contributed by atoms with Crippen molar-refractivity contribution in [3.8, 4) is 0 Å². The van der Waals surface area contributed by atoms with Gasteiger partial charge >= 0.3 is 0 Å². The summed E-state index contributed by atoms with van der Waals surface area (Å²) >= 11 is 3.36. The zero-order valence-corrected chi connectivity index (χ0v) is 16.9. The number of nitrogens with zero attached hydrogens (tertiary/aromatic N) is 3. The standard InChI is InChI=1S/C19H23BrN4O3/c1-2-4-17(25)22-14-5-3-8-23(10-14)18(26)11-24-12-21-16-7-6-13(20)9-15(16)19(24)27/h6-7,9,12,14H,2-5,8,10-11H2,1H3,(H,22,25). The number of likely N-dealkylation sites (tertiary alicyclic amines) is 1. The fraction of sp³-hybridized carbons (Fsp3) is 0.474. The number of fused-ring (bicyclic) bond motifs is 1. The van der Waals surface area contributed by atoms with E-state index in [0.29, 0.717) is 30.4 Å². The number of hydrogen-bond donors (Lipinski definition) is 1. The van der Waals surface area contributed by atoms with Crippen LogP contribution in [0.4, 0.5) is 0 Å². The van der Waals surface area contributed by atoms with E-state index < -0.39 is 0 Å². The fourth-order valence-corrected chi connectivity index (χ4v) is 3.70. The van der Waals surface area contributed by atoms with Crippen LogP contribution < -0.4 is 10.9 Å². The molecule has 1 atom stereocenters. The number of rotatable bonds is 5. The molecule has 0 spiro atoms. The molecule has 1 fully saturated rings. The lowest BCUT2D eigenvalue weighted by Gasteiger charge is -2.33. The molecule has 1 unspecified atom stereocenters. The van der Waals surface area contributed by atoms with Crippen molar-refractivity contribution < 1.29 is 9.59 Å². The third kappa shape index (κ3) is 4.74. The molecule has 0 radical (unpaired) electrons. The fourth-order valence-electron chi connectivity index (χ4n) is 3.34. The van der Waals surface area contributed by atoms with E-state index in [1.807, 2.05) is 13.0 Å². The van der Waals surface area contributed by atoms with Gasteiger partial charge < -0.3 is 10.2 Å². The minimum atomic E-state index is -0.237. The molecule has 1 aliphatic heterocycles. The molecule has 1 aromatic heterocycles. The molecule has 3 rings (SSSR count). The van der Waals surface area contributed by atoms with Crippen LogP contribution >= 0.6 is 15.9 Å². The molecule has 0 aliphatic carbocycles. The van der Waals surface area contributed by atoms with Gasteiger partial charge in [-0.05, 0) is 37.5 Å². The summed E-state index contributed by atoms with van der Waals surface area (Å²) < 4.78 is 2.13. The lowest BCUT2D eigenvalue weighted by atomic mass is 10.1. The number of amides is 2. The maximum atomic E-state index is 12.7. The molecule has 2 amide bonds. The van der Waals surface area contributed by atoms with Gasteiger partial charge in [-0.3, -0.25) is 19.0 Å². The van der Waals surface area contributed by atoms with E-state index in [1.165, 1.54) is 10.9 Å². The molecule has 27 heavy (non-hydrogen) atoms. The maximum absolute atomic E-state index is 12.7. The van der Waals surface area contributed by atoms with Crippen LogP contribution in [0, 0.1) is 0 Å². The Balaban J connectivity index is 1.69. The molecule has 1 N–H and O–H groups in total. The minimum Gasteiger partial charge on any atom is -0.352 e. The third-order valence-corrected chi connectivity index (χ3v) is 5.20. The Morgan fingerprint density at radius 1 is 1.37 bits per heavy atom. The number of nitrogens with one attached hydrogen (secondary N) is 1. The van der Waals surface area contributed by atoms with Gasteiger partial charge in [0.05, 0.1) is 17.2 Å². The summed E-state index contributed by atoms with van der Waals surface area (Å²) in [6.45, 7) is 3.03. The molecule has 8 heteroatoms. The quantitative estimate of drug-likeness (QED) is 0.780. The van der Waals surface area contributed by atoms with Crippen molar-refractivity contribution in [2.45, 2.75) is 45.2 Å². The highest BCUT2D eigenvalue weighted by atomic mass is 79.9. The first-order valence-corrected chi connectivity index (χ1v) is 9.99. The number of halogens is 1. The van der Waals surface area contributed by atoms with Crippen LogP contribution in [-0.2, 0) is 16.1 Å². The van der Waals surface area contributed by atoms with Gasteiger partial charge in [0.25, 0.3) is 5.56 Å². The lowest BCUT2D eigenvalue weighted by Crippen LogP contribution is -2.50. The van der Waals surface area contributed by atoms with Crippen molar-refractivity contribution in [1.29, 1.82) is 0 Å². The smallest absolute Gasteiger partial charge is 0.261 e. The van der Waals surface area contributed by atoms with Crippen molar-refractivity contribution in [3.05, 3.63) is 39.4 Å². The Labute approximate surface area is 165 Å². The van der Waals surface area contributed by atoms with Gasteiger partial charge in [0.1, 0.15) is 6.54 Å². The van der Waals surface area contributed by atoms with Crippen LogP contribution in [0.2, 0.25) is 0 Å². The van der Waals surface area contributed by atoms with Gasteiger partial charge in [0.2, 0.25) is 11.8 Å². The Hall–Kier alpha value is -2.22. The Morgan fingerprint density at radius 2 is 2.19 bits per heavy atom. The summed E-state index contributed by atoms with van der Waals surface area (Å²) in [6, 6.07) is 5.28. The monoisotopic (exact) mass is 434 g/mol. The summed E-state index contributed by atoms with van der Waals surface area (Å²) in [6.07, 6.45) is 4.42. The number of benzene rings is 1. The van der Waals surface area contributed by atoms with Crippen LogP contribution in [0.25, 0.3) is 10.9 Å². The maximum Gasteiger partial charge on any atom is 0.261 e. The van der Waals surface area contributed by atoms with Gasteiger partial charge in [-0.25, -0.2) is 4.98 Å². The first-order valence-electron chi connectivity index (χ1n) is 9.19. The summed E-state index contributed by atoms with van der Waals surface area (Å²) in [5.41, 5.74) is 0.364. The molecule has 1 aromatic carbocycles. The number of aromatic nitrogens is 2. The summed E-state index contributed by atoms with van der Waals surface area (Å²) in [5.74, 6) is -0.111. The van der Waals surface area contributed by atoms with E-state index in [0.717, 1.165) is 23.7 Å². The summed E-state index contributed by atoms with van der Waals surface area (Å²) in [4.78, 5) is 43.1. The van der Waals surface area contributed by atoms with Gasteiger partial charge in [0.15, 0.2) is 0 Å². The van der Waals surface area contributed by atoms with E-state index in [-0.39, 0.29) is 30.0 Å². The van der Waals surface area contributed by atoms with Gasteiger partial charge in [0, 0.05) is 30.0 Å². The highest BCUT2D eigenvalue weighted by Crippen LogP contribution is 2.15. The Kier molecular flexibility index (Phi) is 6.26. The number of carbonyl (C=O) groups excluding carboxylic acids is 2.